The molecule has 5 heteroatoms. The van der Waals surface area contributed by atoms with E-state index in [0.717, 1.165) is 31.4 Å². The first-order valence-electron chi connectivity index (χ1n) is 6.06. The number of aryl methyl sites for hydroxylation is 1. The number of imidazole rings is 1. The van der Waals surface area contributed by atoms with E-state index in [1.807, 2.05) is 48.0 Å². The zero-order valence-corrected chi connectivity index (χ0v) is 13.6. The fourth-order valence-electron chi connectivity index (χ4n) is 2.02. The molecule has 20 heavy (non-hydrogen) atoms. The Morgan fingerprint density at radius 1 is 1.10 bits per heavy atom. The van der Waals surface area contributed by atoms with Crippen LogP contribution in [0, 0.1) is 10.6 Å². The van der Waals surface area contributed by atoms with Crippen molar-refractivity contribution in [1.29, 1.82) is 0 Å². The maximum Gasteiger partial charge on any atom is 0.138 e. The van der Waals surface area contributed by atoms with Gasteiger partial charge < -0.3 is 0 Å². The number of hydrogen-bond donors (Lipinski definition) is 0. The second-order valence-corrected chi connectivity index (χ2v) is 6.01. The Bertz CT molecular complexity index is 750. The van der Waals surface area contributed by atoms with Crippen LogP contribution in [0.1, 0.15) is 5.69 Å². The molecule has 0 saturated carbocycles. The number of aromatic nitrogens is 3. The third-order valence-electron chi connectivity index (χ3n) is 2.93. The van der Waals surface area contributed by atoms with E-state index < -0.39 is 0 Å². The second-order valence-electron chi connectivity index (χ2n) is 4.47. The predicted molar refractivity (Wildman–Crippen MR) is 89.3 cm³/mol. The monoisotopic (exact) mass is 395 g/mol. The summed E-state index contributed by atoms with van der Waals surface area (Å²) >= 11 is 8.12. The molecule has 0 aliphatic carbocycles. The molecule has 0 radical (unpaired) electrons. The summed E-state index contributed by atoms with van der Waals surface area (Å²) in [6, 6.07) is 11.9. The molecule has 100 valence electrons. The Labute approximate surface area is 135 Å². The first-order valence-corrected chi connectivity index (χ1v) is 7.52. The van der Waals surface area contributed by atoms with Crippen molar-refractivity contribution >= 4 is 34.2 Å². The highest BCUT2D eigenvalue weighted by Crippen LogP contribution is 2.24. The summed E-state index contributed by atoms with van der Waals surface area (Å²) in [7, 11) is 0. The molecule has 2 aromatic heterocycles. The van der Waals surface area contributed by atoms with E-state index in [2.05, 4.69) is 38.6 Å². The molecule has 0 aliphatic rings. The molecule has 0 amide bonds. The van der Waals surface area contributed by atoms with Crippen LogP contribution in [0.4, 0.5) is 0 Å². The van der Waals surface area contributed by atoms with E-state index in [4.69, 9.17) is 11.6 Å². The molecule has 0 bridgehead atoms. The van der Waals surface area contributed by atoms with Crippen LogP contribution >= 0.6 is 34.2 Å². The Hall–Kier alpha value is -1.40. The summed E-state index contributed by atoms with van der Waals surface area (Å²) in [4.78, 5) is 8.78. The van der Waals surface area contributed by atoms with E-state index in [9.17, 15) is 0 Å². The van der Waals surface area contributed by atoms with Gasteiger partial charge in [-0.1, -0.05) is 23.7 Å². The van der Waals surface area contributed by atoms with Crippen LogP contribution in [-0.2, 0) is 0 Å². The average molecular weight is 396 g/mol. The van der Waals surface area contributed by atoms with Crippen molar-refractivity contribution in [3.05, 3.63) is 63.3 Å². The molecule has 0 atom stereocenters. The minimum atomic E-state index is 0.740. The summed E-state index contributed by atoms with van der Waals surface area (Å²) in [5.41, 5.74) is 3.21. The zero-order valence-electron chi connectivity index (χ0n) is 10.7. The third kappa shape index (κ3) is 2.86. The maximum absolute atomic E-state index is 5.93. The summed E-state index contributed by atoms with van der Waals surface area (Å²) in [6.45, 7) is 1.99. The van der Waals surface area contributed by atoms with Gasteiger partial charge in [-0.25, -0.2) is 9.97 Å². The van der Waals surface area contributed by atoms with Crippen LogP contribution < -0.4 is 0 Å². The topological polar surface area (TPSA) is 30.7 Å². The maximum atomic E-state index is 5.93. The highest BCUT2D eigenvalue weighted by molar-refractivity contribution is 14.1. The van der Waals surface area contributed by atoms with Gasteiger partial charge in [-0.3, -0.25) is 4.57 Å². The molecule has 3 nitrogen and oxygen atoms in total. The number of hydrogen-bond acceptors (Lipinski definition) is 2. The summed E-state index contributed by atoms with van der Waals surface area (Å²) in [5, 5.41) is 0.740. The van der Waals surface area contributed by atoms with Crippen molar-refractivity contribution in [2.45, 2.75) is 6.92 Å². The van der Waals surface area contributed by atoms with Gasteiger partial charge in [0.25, 0.3) is 0 Å². The number of nitrogens with zero attached hydrogens (tertiary/aromatic N) is 3. The molecule has 0 aliphatic heterocycles. The van der Waals surface area contributed by atoms with Crippen LogP contribution in [0.5, 0.6) is 0 Å². The number of rotatable bonds is 2. The summed E-state index contributed by atoms with van der Waals surface area (Å²) in [6.07, 6.45) is 3.73. The smallest absolute Gasteiger partial charge is 0.138 e. The Morgan fingerprint density at radius 3 is 2.50 bits per heavy atom. The Kier molecular flexibility index (Phi) is 3.76. The van der Waals surface area contributed by atoms with Crippen LogP contribution in [0.3, 0.4) is 0 Å². The standard InChI is InChI=1S/C15H11ClIN3/c1-10-6-12(11-2-4-13(16)5-3-11)7-15(19-10)20-8-14(17)18-9-20/h2-9H,1H3. The fraction of sp³-hybridized carbons (Fsp3) is 0.0667. The lowest BCUT2D eigenvalue weighted by Crippen LogP contribution is -1.97. The highest BCUT2D eigenvalue weighted by atomic mass is 127. The molecule has 3 aromatic rings. The zero-order chi connectivity index (χ0) is 14.1. The normalized spacial score (nSPS) is 10.8. The molecule has 3 rings (SSSR count). The highest BCUT2D eigenvalue weighted by Gasteiger charge is 2.05. The summed E-state index contributed by atoms with van der Waals surface area (Å²) in [5.74, 6) is 0.866. The quantitative estimate of drug-likeness (QED) is 0.598. The van der Waals surface area contributed by atoms with Crippen molar-refractivity contribution in [3.63, 3.8) is 0 Å². The molecule has 0 unspecified atom stereocenters. The van der Waals surface area contributed by atoms with Gasteiger partial charge in [0.05, 0.1) is 0 Å². The number of pyridine rings is 1. The molecule has 0 fully saturated rings. The van der Waals surface area contributed by atoms with Gasteiger partial charge in [0.15, 0.2) is 0 Å². The van der Waals surface area contributed by atoms with Crippen LogP contribution in [0.2, 0.25) is 5.02 Å². The molecule has 1 aromatic carbocycles. The Morgan fingerprint density at radius 2 is 1.85 bits per heavy atom. The van der Waals surface area contributed by atoms with E-state index in [1.54, 1.807) is 6.33 Å². The van der Waals surface area contributed by atoms with Crippen LogP contribution in [-0.4, -0.2) is 14.5 Å². The van der Waals surface area contributed by atoms with Gasteiger partial charge in [0.2, 0.25) is 0 Å². The minimum absolute atomic E-state index is 0.740. The lowest BCUT2D eigenvalue weighted by molar-refractivity contribution is 0.976. The lowest BCUT2D eigenvalue weighted by Gasteiger charge is -2.07. The van der Waals surface area contributed by atoms with Crippen LogP contribution in [0.15, 0.2) is 48.9 Å². The fourth-order valence-corrected chi connectivity index (χ4v) is 2.57. The molecule has 0 N–H and O–H groups in total. The van der Waals surface area contributed by atoms with Crippen LogP contribution in [0.25, 0.3) is 16.9 Å². The van der Waals surface area contributed by atoms with Crippen molar-refractivity contribution in [1.82, 2.24) is 14.5 Å². The van der Waals surface area contributed by atoms with Gasteiger partial charge >= 0.3 is 0 Å². The number of benzene rings is 1. The van der Waals surface area contributed by atoms with Crippen molar-refractivity contribution < 1.29 is 0 Å². The first-order chi connectivity index (χ1) is 9.61. The van der Waals surface area contributed by atoms with Gasteiger partial charge in [-0.15, -0.1) is 0 Å². The van der Waals surface area contributed by atoms with Gasteiger partial charge in [-0.05, 0) is 64.9 Å². The lowest BCUT2D eigenvalue weighted by atomic mass is 10.1. The largest absolute Gasteiger partial charge is 0.289 e. The van der Waals surface area contributed by atoms with Gasteiger partial charge in [-0.2, -0.15) is 0 Å². The van der Waals surface area contributed by atoms with Gasteiger partial charge in [0, 0.05) is 16.9 Å². The van der Waals surface area contributed by atoms with E-state index in [1.165, 1.54) is 0 Å². The molecular weight excluding hydrogens is 385 g/mol. The molecular formula is C15H11ClIN3. The molecule has 2 heterocycles. The van der Waals surface area contributed by atoms with E-state index >= 15 is 0 Å². The molecule has 0 saturated heterocycles. The average Bonchev–Trinajstić information content (AvgIpc) is 2.85. The van der Waals surface area contributed by atoms with Crippen molar-refractivity contribution in [3.8, 4) is 16.9 Å². The van der Waals surface area contributed by atoms with Crippen molar-refractivity contribution in [2.24, 2.45) is 0 Å². The number of halogens is 2. The summed E-state index contributed by atoms with van der Waals surface area (Å²) < 4.78 is 2.87. The Balaban J connectivity index is 2.09. The SMILES string of the molecule is Cc1cc(-c2ccc(Cl)cc2)cc(-n2cnc(I)c2)n1. The predicted octanol–water partition coefficient (Wildman–Crippen LogP) is 4.50. The van der Waals surface area contributed by atoms with Crippen molar-refractivity contribution in [2.75, 3.05) is 0 Å². The van der Waals surface area contributed by atoms with E-state index in [-0.39, 0.29) is 0 Å². The third-order valence-corrected chi connectivity index (χ3v) is 3.74. The molecule has 0 spiro atoms. The minimum Gasteiger partial charge on any atom is -0.289 e. The first kappa shape index (κ1) is 13.6. The van der Waals surface area contributed by atoms with Gasteiger partial charge in [0.1, 0.15) is 15.8 Å². The second kappa shape index (κ2) is 5.54. The van der Waals surface area contributed by atoms with E-state index in [0.29, 0.717) is 0 Å².